The van der Waals surface area contributed by atoms with E-state index in [-0.39, 0.29) is 6.61 Å². The molecular formula is C10H10N2O5. The molecule has 17 heavy (non-hydrogen) atoms. The van der Waals surface area contributed by atoms with E-state index < -0.39 is 23.8 Å². The van der Waals surface area contributed by atoms with Crippen molar-refractivity contribution in [1.82, 2.24) is 4.98 Å². The van der Waals surface area contributed by atoms with Gasteiger partial charge >= 0.3 is 5.97 Å². The topological polar surface area (TPSA) is 120 Å². The lowest BCUT2D eigenvalue weighted by molar-refractivity contribution is -0.145. The molecule has 2 heterocycles. The molecule has 1 fully saturated rings. The Morgan fingerprint density at radius 3 is 2.47 bits per heavy atom. The largest absolute Gasteiger partial charge is 0.455 e. The SMILES string of the molecule is NC(=O)c1cccnc1.O=C1COC(=O)C1O. The standard InChI is InChI=1S/C6H6N2O.C4H4O4/c7-6(9)5-2-1-3-8-4-5;5-2-1-8-4(7)3(2)6/h1-4H,(H2,7,9);3,6H,1H2. The van der Waals surface area contributed by atoms with E-state index in [2.05, 4.69) is 9.72 Å². The fourth-order valence-corrected chi connectivity index (χ4v) is 0.940. The minimum atomic E-state index is -1.52. The number of rotatable bonds is 1. The number of amides is 1. The fraction of sp³-hybridized carbons (Fsp3) is 0.200. The molecule has 0 aliphatic carbocycles. The summed E-state index contributed by atoms with van der Waals surface area (Å²) in [6.45, 7) is -0.278. The van der Waals surface area contributed by atoms with Gasteiger partial charge in [0, 0.05) is 12.4 Å². The van der Waals surface area contributed by atoms with Crippen molar-refractivity contribution in [2.24, 2.45) is 5.73 Å². The van der Waals surface area contributed by atoms with Crippen molar-refractivity contribution < 1.29 is 24.2 Å². The van der Waals surface area contributed by atoms with Crippen molar-refractivity contribution >= 4 is 17.7 Å². The van der Waals surface area contributed by atoms with Gasteiger partial charge in [-0.05, 0) is 12.1 Å². The van der Waals surface area contributed by atoms with Crippen LogP contribution in [0.4, 0.5) is 0 Å². The van der Waals surface area contributed by atoms with E-state index in [4.69, 9.17) is 10.8 Å². The Balaban J connectivity index is 0.000000171. The summed E-state index contributed by atoms with van der Waals surface area (Å²) in [5.74, 6) is -1.84. The van der Waals surface area contributed by atoms with Crippen LogP contribution in [0.15, 0.2) is 24.5 Å². The predicted molar refractivity (Wildman–Crippen MR) is 54.7 cm³/mol. The highest BCUT2D eigenvalue weighted by molar-refractivity contribution is 6.06. The van der Waals surface area contributed by atoms with Crippen LogP contribution in [-0.4, -0.2) is 40.5 Å². The molecular weight excluding hydrogens is 228 g/mol. The van der Waals surface area contributed by atoms with Gasteiger partial charge in [0.05, 0.1) is 5.56 Å². The quantitative estimate of drug-likeness (QED) is 0.461. The number of aliphatic hydroxyl groups is 1. The molecule has 3 N–H and O–H groups in total. The first-order valence-corrected chi connectivity index (χ1v) is 4.59. The number of cyclic esters (lactones) is 1. The van der Waals surface area contributed by atoms with Crippen molar-refractivity contribution in [2.75, 3.05) is 6.61 Å². The number of hydrogen-bond donors (Lipinski definition) is 2. The van der Waals surface area contributed by atoms with Gasteiger partial charge in [0.1, 0.15) is 0 Å². The molecule has 1 amide bonds. The summed E-state index contributed by atoms with van der Waals surface area (Å²) < 4.78 is 4.14. The summed E-state index contributed by atoms with van der Waals surface area (Å²) >= 11 is 0. The van der Waals surface area contributed by atoms with Crippen LogP contribution in [0.5, 0.6) is 0 Å². The van der Waals surface area contributed by atoms with Crippen molar-refractivity contribution in [2.45, 2.75) is 6.10 Å². The Morgan fingerprint density at radius 2 is 2.24 bits per heavy atom. The number of nitrogens with two attached hydrogens (primary N) is 1. The van der Waals surface area contributed by atoms with Crippen molar-refractivity contribution in [1.29, 1.82) is 0 Å². The lowest BCUT2D eigenvalue weighted by Gasteiger charge is -1.88. The molecule has 0 spiro atoms. The van der Waals surface area contributed by atoms with Crippen LogP contribution in [-0.2, 0) is 14.3 Å². The predicted octanol–water partition coefficient (Wildman–Crippen LogP) is -1.35. The average Bonchev–Trinajstić information content (AvgIpc) is 2.62. The van der Waals surface area contributed by atoms with E-state index in [0.29, 0.717) is 5.56 Å². The summed E-state index contributed by atoms with van der Waals surface area (Å²) in [7, 11) is 0. The Morgan fingerprint density at radius 1 is 1.53 bits per heavy atom. The zero-order valence-corrected chi connectivity index (χ0v) is 8.70. The van der Waals surface area contributed by atoms with Crippen molar-refractivity contribution in [3.63, 3.8) is 0 Å². The number of ketones is 1. The smallest absolute Gasteiger partial charge is 0.343 e. The van der Waals surface area contributed by atoms with Gasteiger partial charge in [-0.1, -0.05) is 0 Å². The molecule has 1 saturated heterocycles. The van der Waals surface area contributed by atoms with Gasteiger partial charge in [0.25, 0.3) is 0 Å². The van der Waals surface area contributed by atoms with E-state index >= 15 is 0 Å². The van der Waals surface area contributed by atoms with E-state index in [1.54, 1.807) is 18.3 Å². The number of carbonyl (C=O) groups is 3. The third kappa shape index (κ3) is 3.65. The number of ether oxygens (including phenoxy) is 1. The lowest BCUT2D eigenvalue weighted by Crippen LogP contribution is -2.20. The first-order chi connectivity index (χ1) is 8.02. The summed E-state index contributed by atoms with van der Waals surface area (Å²) in [6.07, 6.45) is 1.50. The molecule has 1 aliphatic rings. The number of pyridine rings is 1. The summed E-state index contributed by atoms with van der Waals surface area (Å²) in [5.41, 5.74) is 5.38. The number of aliphatic hydroxyl groups excluding tert-OH is 1. The van der Waals surface area contributed by atoms with Crippen LogP contribution in [0, 0.1) is 0 Å². The normalized spacial score (nSPS) is 18.1. The van der Waals surface area contributed by atoms with E-state index in [1.807, 2.05) is 0 Å². The minimum Gasteiger partial charge on any atom is -0.455 e. The van der Waals surface area contributed by atoms with Gasteiger partial charge in [-0.15, -0.1) is 0 Å². The second-order valence-electron chi connectivity index (χ2n) is 3.08. The molecule has 1 aliphatic heterocycles. The Hall–Kier alpha value is -2.28. The molecule has 7 nitrogen and oxygen atoms in total. The lowest BCUT2D eigenvalue weighted by atomic mass is 10.3. The number of esters is 1. The Labute approximate surface area is 96.2 Å². The molecule has 1 aromatic rings. The van der Waals surface area contributed by atoms with Crippen LogP contribution in [0.1, 0.15) is 10.4 Å². The van der Waals surface area contributed by atoms with Gasteiger partial charge < -0.3 is 15.6 Å². The number of nitrogens with zero attached hydrogens (tertiary/aromatic N) is 1. The maximum absolute atomic E-state index is 10.4. The number of hydrogen-bond acceptors (Lipinski definition) is 6. The number of carbonyl (C=O) groups excluding carboxylic acids is 3. The van der Waals surface area contributed by atoms with E-state index in [0.717, 1.165) is 0 Å². The summed E-state index contributed by atoms with van der Waals surface area (Å²) in [4.78, 5) is 34.4. The van der Waals surface area contributed by atoms with E-state index in [9.17, 15) is 14.4 Å². The van der Waals surface area contributed by atoms with Crippen LogP contribution < -0.4 is 5.73 Å². The molecule has 1 aromatic heterocycles. The molecule has 7 heteroatoms. The number of Topliss-reactive ketones (excluding diaryl/α,β-unsaturated/α-hetero) is 1. The molecule has 0 aromatic carbocycles. The summed E-state index contributed by atoms with van der Waals surface area (Å²) in [5, 5.41) is 8.44. The molecule has 0 saturated carbocycles. The van der Waals surface area contributed by atoms with Crippen molar-refractivity contribution in [3.8, 4) is 0 Å². The molecule has 90 valence electrons. The Kier molecular flexibility index (Phi) is 4.29. The second kappa shape index (κ2) is 5.71. The van der Waals surface area contributed by atoms with Crippen LogP contribution in [0.25, 0.3) is 0 Å². The first-order valence-electron chi connectivity index (χ1n) is 4.59. The summed E-state index contributed by atoms with van der Waals surface area (Å²) in [6, 6.07) is 3.29. The van der Waals surface area contributed by atoms with Gasteiger partial charge in [-0.25, -0.2) is 4.79 Å². The third-order valence-corrected chi connectivity index (χ3v) is 1.83. The highest BCUT2D eigenvalue weighted by Crippen LogP contribution is 1.99. The average molecular weight is 238 g/mol. The van der Waals surface area contributed by atoms with Crippen LogP contribution >= 0.6 is 0 Å². The number of primary amides is 1. The van der Waals surface area contributed by atoms with Gasteiger partial charge in [-0.3, -0.25) is 14.6 Å². The monoisotopic (exact) mass is 238 g/mol. The zero-order chi connectivity index (χ0) is 12.8. The third-order valence-electron chi connectivity index (χ3n) is 1.83. The number of aromatic nitrogens is 1. The van der Waals surface area contributed by atoms with Crippen LogP contribution in [0.2, 0.25) is 0 Å². The highest BCUT2D eigenvalue weighted by Gasteiger charge is 2.32. The zero-order valence-electron chi connectivity index (χ0n) is 8.70. The maximum atomic E-state index is 10.4. The van der Waals surface area contributed by atoms with Gasteiger partial charge in [-0.2, -0.15) is 0 Å². The Bertz CT molecular complexity index is 416. The van der Waals surface area contributed by atoms with Gasteiger partial charge in [0.2, 0.25) is 17.8 Å². The molecule has 1 unspecified atom stereocenters. The molecule has 2 rings (SSSR count). The molecule has 1 atom stereocenters. The van der Waals surface area contributed by atoms with Crippen LogP contribution in [0.3, 0.4) is 0 Å². The van der Waals surface area contributed by atoms with Crippen molar-refractivity contribution in [3.05, 3.63) is 30.1 Å². The fourth-order valence-electron chi connectivity index (χ4n) is 0.940. The molecule has 0 radical (unpaired) electrons. The maximum Gasteiger partial charge on any atom is 0.343 e. The van der Waals surface area contributed by atoms with Gasteiger partial charge in [0.15, 0.2) is 6.61 Å². The molecule has 0 bridgehead atoms. The van der Waals surface area contributed by atoms with E-state index in [1.165, 1.54) is 6.20 Å². The first kappa shape index (κ1) is 12.8. The highest BCUT2D eigenvalue weighted by atomic mass is 16.6. The second-order valence-corrected chi connectivity index (χ2v) is 3.08. The minimum absolute atomic E-state index is 0.278.